The van der Waals surface area contributed by atoms with Crippen LogP contribution in [0.2, 0.25) is 0 Å². The van der Waals surface area contributed by atoms with Crippen molar-refractivity contribution in [3.05, 3.63) is 64.8 Å². The van der Waals surface area contributed by atoms with Gasteiger partial charge in [-0.15, -0.1) is 0 Å². The lowest BCUT2D eigenvalue weighted by Crippen LogP contribution is -2.14. The van der Waals surface area contributed by atoms with Crippen LogP contribution in [0.4, 0.5) is 5.69 Å². The average Bonchev–Trinajstić information content (AvgIpc) is 2.87. The molecule has 1 amide bonds. The van der Waals surface area contributed by atoms with E-state index in [0.29, 0.717) is 6.42 Å². The van der Waals surface area contributed by atoms with Crippen molar-refractivity contribution in [2.75, 3.05) is 5.32 Å². The van der Waals surface area contributed by atoms with Crippen molar-refractivity contribution < 1.29 is 4.79 Å². The molecule has 1 N–H and O–H groups in total. The second-order valence-electron chi connectivity index (χ2n) is 8.31. The molecule has 2 aromatic carbocycles. The molecule has 0 bridgehead atoms. The predicted molar refractivity (Wildman–Crippen MR) is 115 cm³/mol. The summed E-state index contributed by atoms with van der Waals surface area (Å²) in [4.78, 5) is 12.6. The van der Waals surface area contributed by atoms with E-state index in [1.807, 2.05) is 18.2 Å². The van der Waals surface area contributed by atoms with Crippen molar-refractivity contribution in [2.24, 2.45) is 0 Å². The summed E-state index contributed by atoms with van der Waals surface area (Å²) in [7, 11) is 0. The van der Waals surface area contributed by atoms with Gasteiger partial charge in [-0.1, -0.05) is 36.8 Å². The van der Waals surface area contributed by atoms with Crippen molar-refractivity contribution in [2.45, 2.75) is 64.3 Å². The number of amides is 1. The largest absolute Gasteiger partial charge is 0.344 e. The summed E-state index contributed by atoms with van der Waals surface area (Å²) in [5, 5.41) is 4.58. The molecule has 3 heteroatoms. The van der Waals surface area contributed by atoms with Crippen LogP contribution in [0.3, 0.4) is 0 Å². The average molecular weight is 373 g/mol. The zero-order valence-electron chi connectivity index (χ0n) is 16.5. The number of carbonyl (C=O) groups excluding carboxylic acids is 1. The highest BCUT2D eigenvalue weighted by molar-refractivity contribution is 5.97. The molecular weight excluding hydrogens is 344 g/mol. The van der Waals surface area contributed by atoms with E-state index in [0.717, 1.165) is 25.1 Å². The molecular formula is C25H28N2O. The van der Waals surface area contributed by atoms with Gasteiger partial charge in [0.15, 0.2) is 0 Å². The summed E-state index contributed by atoms with van der Waals surface area (Å²) in [6.07, 6.45) is 9.95. The highest BCUT2D eigenvalue weighted by Crippen LogP contribution is 2.38. The summed E-state index contributed by atoms with van der Waals surface area (Å²) < 4.78 is 2.59. The number of hydrogen-bond acceptors (Lipinski definition) is 1. The number of nitrogens with zero attached hydrogens (tertiary/aromatic N) is 1. The molecule has 2 heterocycles. The number of carbonyl (C=O) groups is 1. The molecule has 1 aliphatic carbocycles. The van der Waals surface area contributed by atoms with Gasteiger partial charge in [-0.3, -0.25) is 4.79 Å². The third-order valence-electron chi connectivity index (χ3n) is 6.39. The van der Waals surface area contributed by atoms with Crippen LogP contribution < -0.4 is 5.32 Å². The van der Waals surface area contributed by atoms with Crippen molar-refractivity contribution in [1.29, 1.82) is 0 Å². The predicted octanol–water partition coefficient (Wildman–Crippen LogP) is 5.43. The first-order chi connectivity index (χ1) is 13.8. The van der Waals surface area contributed by atoms with Crippen molar-refractivity contribution in [3.8, 4) is 0 Å². The molecule has 5 rings (SSSR count). The van der Waals surface area contributed by atoms with Gasteiger partial charge in [-0.2, -0.15) is 0 Å². The molecule has 0 unspecified atom stereocenters. The second-order valence-corrected chi connectivity index (χ2v) is 8.31. The SMILES string of the molecule is O=C(CCc1ccccc1)Nc1cc2c3c(c1)c1c(n3CCC2)CCCCC1. The Morgan fingerprint density at radius 1 is 0.964 bits per heavy atom. The van der Waals surface area contributed by atoms with Crippen LogP contribution in [-0.2, 0) is 37.0 Å². The molecule has 1 aromatic heterocycles. The van der Waals surface area contributed by atoms with Gasteiger partial charge in [0.25, 0.3) is 0 Å². The number of rotatable bonds is 4. The Kier molecular flexibility index (Phi) is 4.67. The molecule has 0 saturated carbocycles. The maximum absolute atomic E-state index is 12.6. The lowest BCUT2D eigenvalue weighted by atomic mass is 9.99. The molecule has 0 fully saturated rings. The molecule has 28 heavy (non-hydrogen) atoms. The van der Waals surface area contributed by atoms with Crippen LogP contribution in [0.15, 0.2) is 42.5 Å². The van der Waals surface area contributed by atoms with E-state index >= 15 is 0 Å². The van der Waals surface area contributed by atoms with Crippen LogP contribution in [0, 0.1) is 0 Å². The molecule has 3 nitrogen and oxygen atoms in total. The van der Waals surface area contributed by atoms with E-state index in [9.17, 15) is 4.79 Å². The summed E-state index contributed by atoms with van der Waals surface area (Å²) in [5.41, 5.74) is 8.17. The van der Waals surface area contributed by atoms with Crippen molar-refractivity contribution in [1.82, 2.24) is 4.57 Å². The first kappa shape index (κ1) is 17.5. The fourth-order valence-electron chi connectivity index (χ4n) is 5.10. The Bertz CT molecular complexity index is 1020. The summed E-state index contributed by atoms with van der Waals surface area (Å²) >= 11 is 0. The molecule has 2 aliphatic rings. The minimum absolute atomic E-state index is 0.108. The van der Waals surface area contributed by atoms with Crippen LogP contribution in [-0.4, -0.2) is 10.5 Å². The first-order valence-corrected chi connectivity index (χ1v) is 10.8. The van der Waals surface area contributed by atoms with Crippen LogP contribution in [0.5, 0.6) is 0 Å². The van der Waals surface area contributed by atoms with Gasteiger partial charge in [-0.25, -0.2) is 0 Å². The van der Waals surface area contributed by atoms with Gasteiger partial charge in [-0.05, 0) is 73.8 Å². The van der Waals surface area contributed by atoms with Gasteiger partial charge in [0.1, 0.15) is 0 Å². The summed E-state index contributed by atoms with van der Waals surface area (Å²) in [6.45, 7) is 1.15. The lowest BCUT2D eigenvalue weighted by molar-refractivity contribution is -0.116. The topological polar surface area (TPSA) is 34.0 Å². The monoisotopic (exact) mass is 372 g/mol. The zero-order chi connectivity index (χ0) is 18.9. The normalized spacial score (nSPS) is 15.9. The maximum Gasteiger partial charge on any atom is 0.224 e. The fourth-order valence-corrected chi connectivity index (χ4v) is 5.10. The quantitative estimate of drug-likeness (QED) is 0.609. The van der Waals surface area contributed by atoms with E-state index in [1.165, 1.54) is 60.6 Å². The molecule has 0 radical (unpaired) electrons. The summed E-state index contributed by atoms with van der Waals surface area (Å²) in [6, 6.07) is 14.7. The Morgan fingerprint density at radius 3 is 2.71 bits per heavy atom. The molecule has 0 spiro atoms. The van der Waals surface area contributed by atoms with Gasteiger partial charge in [0.2, 0.25) is 5.91 Å². The van der Waals surface area contributed by atoms with Crippen LogP contribution in [0.1, 0.15) is 54.5 Å². The van der Waals surface area contributed by atoms with Crippen LogP contribution in [0.25, 0.3) is 10.9 Å². The molecule has 0 atom stereocenters. The van der Waals surface area contributed by atoms with E-state index in [1.54, 1.807) is 11.3 Å². The number of hydrogen-bond donors (Lipinski definition) is 1. The fraction of sp³-hybridized carbons (Fsp3) is 0.400. The number of anilines is 1. The standard InChI is InChI=1S/C25H28N2O/c28-24(14-13-18-8-3-1-4-9-18)26-20-16-19-10-7-15-27-23-12-6-2-5-11-21(23)22(17-20)25(19)27/h1,3-4,8-9,16-17H,2,5-7,10-15H2,(H,26,28). The Balaban J connectivity index is 1.43. The van der Waals surface area contributed by atoms with Gasteiger partial charge in [0, 0.05) is 29.7 Å². The highest BCUT2D eigenvalue weighted by atomic mass is 16.1. The number of aromatic nitrogens is 1. The Hall–Kier alpha value is -2.55. The summed E-state index contributed by atoms with van der Waals surface area (Å²) in [5.74, 6) is 0.108. The molecule has 144 valence electrons. The number of nitrogens with one attached hydrogen (secondary N) is 1. The molecule has 0 saturated heterocycles. The van der Waals surface area contributed by atoms with Gasteiger partial charge in [0.05, 0.1) is 5.52 Å². The van der Waals surface area contributed by atoms with E-state index in [2.05, 4.69) is 34.1 Å². The Labute approximate surface area is 166 Å². The third-order valence-corrected chi connectivity index (χ3v) is 6.39. The third kappa shape index (κ3) is 3.23. The molecule has 3 aromatic rings. The van der Waals surface area contributed by atoms with Crippen LogP contribution >= 0.6 is 0 Å². The zero-order valence-corrected chi connectivity index (χ0v) is 16.5. The van der Waals surface area contributed by atoms with Gasteiger partial charge < -0.3 is 9.88 Å². The number of benzene rings is 2. The Morgan fingerprint density at radius 2 is 1.82 bits per heavy atom. The van der Waals surface area contributed by atoms with Crippen molar-refractivity contribution in [3.63, 3.8) is 0 Å². The first-order valence-electron chi connectivity index (χ1n) is 10.8. The second kappa shape index (κ2) is 7.46. The number of fused-ring (bicyclic) bond motifs is 3. The van der Waals surface area contributed by atoms with E-state index in [4.69, 9.17) is 0 Å². The molecule has 1 aliphatic heterocycles. The lowest BCUT2D eigenvalue weighted by Gasteiger charge is -2.19. The van der Waals surface area contributed by atoms with E-state index in [-0.39, 0.29) is 5.91 Å². The van der Waals surface area contributed by atoms with Crippen molar-refractivity contribution >= 4 is 22.5 Å². The highest BCUT2D eigenvalue weighted by Gasteiger charge is 2.24. The van der Waals surface area contributed by atoms with E-state index < -0.39 is 0 Å². The van der Waals surface area contributed by atoms with Gasteiger partial charge >= 0.3 is 0 Å². The smallest absolute Gasteiger partial charge is 0.224 e. The number of aryl methyl sites for hydroxylation is 4. The minimum Gasteiger partial charge on any atom is -0.344 e. The maximum atomic E-state index is 12.6. The minimum atomic E-state index is 0.108.